The number of benzene rings is 1. The molecule has 1 aromatic carbocycles. The van der Waals surface area contributed by atoms with Gasteiger partial charge in [-0.15, -0.1) is 0 Å². The van der Waals surface area contributed by atoms with Crippen molar-refractivity contribution in [1.29, 1.82) is 0 Å². The van der Waals surface area contributed by atoms with Crippen LogP contribution in [-0.4, -0.2) is 21.8 Å². The number of nitrogens with two attached hydrogens (primary N) is 1. The highest BCUT2D eigenvalue weighted by atomic mass is 16.5. The number of hydrogen-bond acceptors (Lipinski definition) is 5. The van der Waals surface area contributed by atoms with Crippen molar-refractivity contribution in [2.24, 2.45) is 5.73 Å². The van der Waals surface area contributed by atoms with Crippen molar-refractivity contribution < 1.29 is 9.63 Å². The highest BCUT2D eigenvalue weighted by Crippen LogP contribution is 2.52. The van der Waals surface area contributed by atoms with Gasteiger partial charge in [-0.1, -0.05) is 35.5 Å². The second kappa shape index (κ2) is 4.19. The van der Waals surface area contributed by atoms with Gasteiger partial charge in [-0.3, -0.25) is 0 Å². The van der Waals surface area contributed by atoms with Crippen LogP contribution >= 0.6 is 0 Å². The average molecular weight is 245 g/mol. The Morgan fingerprint density at radius 3 is 2.67 bits per heavy atom. The zero-order valence-electron chi connectivity index (χ0n) is 9.91. The predicted molar refractivity (Wildman–Crippen MR) is 64.8 cm³/mol. The van der Waals surface area contributed by atoms with E-state index in [1.165, 1.54) is 5.56 Å². The number of aromatic nitrogens is 2. The van der Waals surface area contributed by atoms with Gasteiger partial charge < -0.3 is 15.4 Å². The van der Waals surface area contributed by atoms with Gasteiger partial charge in [0.15, 0.2) is 5.82 Å². The Balaban J connectivity index is 1.93. The van der Waals surface area contributed by atoms with Crippen LogP contribution in [0, 0.1) is 0 Å². The summed E-state index contributed by atoms with van der Waals surface area (Å²) in [6, 6.07) is 10.1. The normalized spacial score (nSPS) is 18.6. The molecule has 0 bridgehead atoms. The van der Waals surface area contributed by atoms with Crippen molar-refractivity contribution in [2.75, 3.05) is 6.54 Å². The summed E-state index contributed by atoms with van der Waals surface area (Å²) in [7, 11) is 0. The average Bonchev–Trinajstić information content (AvgIpc) is 3.10. The van der Waals surface area contributed by atoms with E-state index < -0.39 is 6.10 Å². The van der Waals surface area contributed by atoms with Crippen LogP contribution in [0.25, 0.3) is 0 Å². The minimum absolute atomic E-state index is 0.0833. The van der Waals surface area contributed by atoms with Crippen LogP contribution in [0.5, 0.6) is 0 Å². The molecule has 1 aliphatic carbocycles. The largest absolute Gasteiger partial charge is 0.382 e. The number of aliphatic hydroxyl groups excluding tert-OH is 1. The Bertz CT molecular complexity index is 534. The molecule has 18 heavy (non-hydrogen) atoms. The van der Waals surface area contributed by atoms with Gasteiger partial charge in [-0.25, -0.2) is 0 Å². The second-order valence-corrected chi connectivity index (χ2v) is 4.66. The molecule has 0 radical (unpaired) electrons. The lowest BCUT2D eigenvalue weighted by molar-refractivity contribution is 0.141. The summed E-state index contributed by atoms with van der Waals surface area (Å²) in [5.41, 5.74) is 6.44. The molecule has 1 saturated carbocycles. The molecular weight excluding hydrogens is 230 g/mol. The molecule has 1 aliphatic rings. The molecule has 94 valence electrons. The monoisotopic (exact) mass is 245 g/mol. The molecule has 0 amide bonds. The number of rotatable bonds is 4. The molecule has 1 fully saturated rings. The Hall–Kier alpha value is -1.72. The highest BCUT2D eigenvalue weighted by Gasteiger charge is 2.50. The molecule has 0 saturated heterocycles. The Labute approximate surface area is 105 Å². The van der Waals surface area contributed by atoms with Crippen molar-refractivity contribution in [2.45, 2.75) is 24.4 Å². The molecule has 1 heterocycles. The van der Waals surface area contributed by atoms with Gasteiger partial charge in [0.1, 0.15) is 6.10 Å². The summed E-state index contributed by atoms with van der Waals surface area (Å²) in [5.74, 6) is 0.853. The van der Waals surface area contributed by atoms with E-state index in [4.69, 9.17) is 10.3 Å². The third kappa shape index (κ3) is 1.72. The standard InChI is InChI=1S/C13H15N3O2/c14-8-10(17)11-15-12(16-18-11)13(6-7-13)9-4-2-1-3-5-9/h1-5,10,17H,6-8,14H2/t10-/m0/s1. The first-order valence-corrected chi connectivity index (χ1v) is 6.04. The first-order chi connectivity index (χ1) is 8.76. The van der Waals surface area contributed by atoms with Crippen molar-refractivity contribution in [3.05, 3.63) is 47.6 Å². The lowest BCUT2D eigenvalue weighted by Crippen LogP contribution is -2.13. The fourth-order valence-electron chi connectivity index (χ4n) is 2.19. The van der Waals surface area contributed by atoms with E-state index in [0.29, 0.717) is 5.82 Å². The minimum atomic E-state index is -0.877. The van der Waals surface area contributed by atoms with Crippen molar-refractivity contribution in [3.63, 3.8) is 0 Å². The summed E-state index contributed by atoms with van der Waals surface area (Å²) in [4.78, 5) is 4.28. The summed E-state index contributed by atoms with van der Waals surface area (Å²) in [6.45, 7) is 0.0833. The van der Waals surface area contributed by atoms with Crippen LogP contribution in [-0.2, 0) is 5.41 Å². The van der Waals surface area contributed by atoms with Crippen LogP contribution < -0.4 is 5.73 Å². The first-order valence-electron chi connectivity index (χ1n) is 6.04. The Morgan fingerprint density at radius 1 is 1.33 bits per heavy atom. The Morgan fingerprint density at radius 2 is 2.06 bits per heavy atom. The maximum absolute atomic E-state index is 9.58. The summed E-state index contributed by atoms with van der Waals surface area (Å²) >= 11 is 0. The fraction of sp³-hybridized carbons (Fsp3) is 0.385. The molecule has 2 aromatic rings. The van der Waals surface area contributed by atoms with Crippen LogP contribution in [0.3, 0.4) is 0 Å². The zero-order chi connectivity index (χ0) is 12.6. The summed E-state index contributed by atoms with van der Waals surface area (Å²) in [5, 5.41) is 13.6. The fourth-order valence-corrected chi connectivity index (χ4v) is 2.19. The third-order valence-electron chi connectivity index (χ3n) is 3.45. The van der Waals surface area contributed by atoms with Crippen LogP contribution in [0.1, 0.15) is 36.2 Å². The third-order valence-corrected chi connectivity index (χ3v) is 3.45. The minimum Gasteiger partial charge on any atom is -0.382 e. The molecule has 0 spiro atoms. The number of nitrogens with zero attached hydrogens (tertiary/aromatic N) is 2. The van der Waals surface area contributed by atoms with Crippen molar-refractivity contribution >= 4 is 0 Å². The van der Waals surface area contributed by atoms with Gasteiger partial charge in [0, 0.05) is 6.54 Å². The number of aliphatic hydroxyl groups is 1. The molecular formula is C13H15N3O2. The molecule has 1 atom stereocenters. The van der Waals surface area contributed by atoms with Crippen LogP contribution in [0.2, 0.25) is 0 Å². The van der Waals surface area contributed by atoms with E-state index in [2.05, 4.69) is 22.3 Å². The molecule has 3 rings (SSSR count). The summed E-state index contributed by atoms with van der Waals surface area (Å²) < 4.78 is 5.07. The quantitative estimate of drug-likeness (QED) is 0.843. The van der Waals surface area contributed by atoms with Crippen molar-refractivity contribution in [3.8, 4) is 0 Å². The number of hydrogen-bond donors (Lipinski definition) is 2. The van der Waals surface area contributed by atoms with E-state index in [-0.39, 0.29) is 17.9 Å². The van der Waals surface area contributed by atoms with Gasteiger partial charge in [0.25, 0.3) is 5.89 Å². The van der Waals surface area contributed by atoms with Gasteiger partial charge in [-0.2, -0.15) is 4.98 Å². The van der Waals surface area contributed by atoms with E-state index >= 15 is 0 Å². The first kappa shape index (κ1) is 11.4. The topological polar surface area (TPSA) is 85.2 Å². The Kier molecular flexibility index (Phi) is 2.65. The van der Waals surface area contributed by atoms with Crippen LogP contribution in [0.15, 0.2) is 34.9 Å². The second-order valence-electron chi connectivity index (χ2n) is 4.66. The maximum Gasteiger partial charge on any atom is 0.256 e. The lowest BCUT2D eigenvalue weighted by Gasteiger charge is -2.10. The van der Waals surface area contributed by atoms with Crippen molar-refractivity contribution in [1.82, 2.24) is 10.1 Å². The molecule has 3 N–H and O–H groups in total. The highest BCUT2D eigenvalue weighted by molar-refractivity contribution is 5.38. The van der Waals surface area contributed by atoms with Gasteiger partial charge in [-0.05, 0) is 18.4 Å². The van der Waals surface area contributed by atoms with Gasteiger partial charge in [0.2, 0.25) is 0 Å². The SMILES string of the molecule is NC[C@H](O)c1nc(C2(c3ccccc3)CC2)no1. The molecule has 0 unspecified atom stereocenters. The van der Waals surface area contributed by atoms with Gasteiger partial charge in [0.05, 0.1) is 5.41 Å². The zero-order valence-corrected chi connectivity index (χ0v) is 9.91. The maximum atomic E-state index is 9.58. The van der Waals surface area contributed by atoms with E-state index in [1.807, 2.05) is 18.2 Å². The molecule has 5 nitrogen and oxygen atoms in total. The molecule has 5 heteroatoms. The smallest absolute Gasteiger partial charge is 0.256 e. The van der Waals surface area contributed by atoms with E-state index in [9.17, 15) is 5.11 Å². The van der Waals surface area contributed by atoms with Gasteiger partial charge >= 0.3 is 0 Å². The van der Waals surface area contributed by atoms with E-state index in [0.717, 1.165) is 12.8 Å². The summed E-state index contributed by atoms with van der Waals surface area (Å²) in [6.07, 6.45) is 1.14. The van der Waals surface area contributed by atoms with Crippen LogP contribution in [0.4, 0.5) is 0 Å². The van der Waals surface area contributed by atoms with E-state index in [1.54, 1.807) is 0 Å². The predicted octanol–water partition coefficient (Wildman–Crippen LogP) is 1.14. The molecule has 0 aliphatic heterocycles. The molecule has 1 aromatic heterocycles. The lowest BCUT2D eigenvalue weighted by atomic mass is 9.95.